The van der Waals surface area contributed by atoms with Gasteiger partial charge in [-0.25, -0.2) is 8.42 Å². The maximum absolute atomic E-state index is 12.1. The first-order chi connectivity index (χ1) is 8.01. The van der Waals surface area contributed by atoms with E-state index < -0.39 is 26.8 Å². The van der Waals surface area contributed by atoms with Crippen LogP contribution in [0.3, 0.4) is 0 Å². The van der Waals surface area contributed by atoms with Crippen LogP contribution in [0.1, 0.15) is 32.6 Å². The number of ether oxygens (including phenoxy) is 1. The average molecular weight is 263 g/mol. The van der Waals surface area contributed by atoms with Gasteiger partial charge >= 0.3 is 5.97 Å². The maximum atomic E-state index is 12.1. The third-order valence-electron chi connectivity index (χ3n) is 3.16. The van der Waals surface area contributed by atoms with Gasteiger partial charge in [-0.05, 0) is 26.8 Å². The minimum atomic E-state index is -3.40. The zero-order chi connectivity index (χ0) is 12.9. The van der Waals surface area contributed by atoms with E-state index in [0.717, 1.165) is 19.3 Å². The summed E-state index contributed by atoms with van der Waals surface area (Å²) in [7, 11) is -1.64. The van der Waals surface area contributed by atoms with Crippen LogP contribution in [0.15, 0.2) is 0 Å². The molecule has 100 valence electrons. The monoisotopic (exact) mass is 263 g/mol. The molecule has 0 aliphatic heterocycles. The summed E-state index contributed by atoms with van der Waals surface area (Å²) in [5, 5.41) is 2.58. The molecule has 0 aromatic rings. The van der Waals surface area contributed by atoms with Gasteiger partial charge in [0.1, 0.15) is 5.75 Å². The molecule has 2 atom stereocenters. The van der Waals surface area contributed by atoms with Gasteiger partial charge in [-0.3, -0.25) is 4.79 Å². The summed E-state index contributed by atoms with van der Waals surface area (Å²) >= 11 is 0. The molecular formula is C11H21NO4S. The van der Waals surface area contributed by atoms with Crippen LogP contribution < -0.4 is 5.32 Å². The molecule has 0 spiro atoms. The molecule has 17 heavy (non-hydrogen) atoms. The fraction of sp³-hybridized carbons (Fsp3) is 0.909. The molecule has 0 aromatic heterocycles. The van der Waals surface area contributed by atoms with Gasteiger partial charge in [-0.15, -0.1) is 0 Å². The van der Waals surface area contributed by atoms with Crippen LogP contribution in [-0.2, 0) is 19.4 Å². The Balaban J connectivity index is 2.70. The summed E-state index contributed by atoms with van der Waals surface area (Å²) in [5.74, 6) is -1.14. The van der Waals surface area contributed by atoms with Crippen LogP contribution in [0, 0.1) is 0 Å². The van der Waals surface area contributed by atoms with E-state index in [1.807, 2.05) is 0 Å². The van der Waals surface area contributed by atoms with Gasteiger partial charge in [0.05, 0.1) is 11.9 Å². The second-order valence-electron chi connectivity index (χ2n) is 4.33. The van der Waals surface area contributed by atoms with Crippen LogP contribution in [0.4, 0.5) is 0 Å². The van der Waals surface area contributed by atoms with Crippen molar-refractivity contribution in [1.82, 2.24) is 5.32 Å². The largest absolute Gasteiger partial charge is 0.465 e. The first-order valence-electron chi connectivity index (χ1n) is 6.05. The first kappa shape index (κ1) is 14.4. The molecule has 0 heterocycles. The summed E-state index contributed by atoms with van der Waals surface area (Å²) in [6, 6.07) is -0.0387. The highest BCUT2D eigenvalue weighted by Crippen LogP contribution is 2.24. The quantitative estimate of drug-likeness (QED) is 0.731. The van der Waals surface area contributed by atoms with Gasteiger partial charge < -0.3 is 10.1 Å². The maximum Gasteiger partial charge on any atom is 0.321 e. The highest BCUT2D eigenvalue weighted by atomic mass is 32.2. The van der Waals surface area contributed by atoms with E-state index in [9.17, 15) is 13.2 Å². The van der Waals surface area contributed by atoms with E-state index in [-0.39, 0.29) is 12.6 Å². The van der Waals surface area contributed by atoms with Crippen molar-refractivity contribution in [3.05, 3.63) is 0 Å². The second-order valence-corrected chi connectivity index (χ2v) is 6.55. The van der Waals surface area contributed by atoms with Crippen LogP contribution in [0.5, 0.6) is 0 Å². The highest BCUT2D eigenvalue weighted by molar-refractivity contribution is 7.92. The predicted molar refractivity (Wildman–Crippen MR) is 65.5 cm³/mol. The minimum absolute atomic E-state index is 0.0387. The molecular weight excluding hydrogens is 242 g/mol. The molecule has 0 saturated heterocycles. The Kier molecular flexibility index (Phi) is 5.39. The molecule has 6 heteroatoms. The Hall–Kier alpha value is -0.620. The molecule has 0 radical (unpaired) electrons. The molecule has 0 aromatic carbocycles. The molecule has 0 bridgehead atoms. The Bertz CT molecular complexity index is 352. The van der Waals surface area contributed by atoms with Crippen LogP contribution in [0.25, 0.3) is 0 Å². The third-order valence-corrected chi connectivity index (χ3v) is 5.28. The molecule has 0 amide bonds. The summed E-state index contributed by atoms with van der Waals surface area (Å²) in [6.45, 7) is 1.88. The van der Waals surface area contributed by atoms with Crippen LogP contribution in [0.2, 0.25) is 0 Å². The Morgan fingerprint density at radius 1 is 1.35 bits per heavy atom. The lowest BCUT2D eigenvalue weighted by atomic mass is 9.95. The van der Waals surface area contributed by atoms with Gasteiger partial charge in [0.15, 0.2) is 9.84 Å². The molecule has 2 unspecified atom stereocenters. The van der Waals surface area contributed by atoms with Crippen LogP contribution in [-0.4, -0.2) is 45.1 Å². The lowest BCUT2D eigenvalue weighted by Crippen LogP contribution is -2.46. The fourth-order valence-corrected chi connectivity index (χ4v) is 4.26. The van der Waals surface area contributed by atoms with E-state index in [4.69, 9.17) is 4.74 Å². The average Bonchev–Trinajstić information content (AvgIpc) is 2.28. The van der Waals surface area contributed by atoms with Gasteiger partial charge in [0.25, 0.3) is 0 Å². The number of hydrogen-bond donors (Lipinski definition) is 1. The predicted octanol–water partition coefficient (Wildman–Crippen LogP) is 0.495. The molecule has 1 fully saturated rings. The number of esters is 1. The molecule has 1 rings (SSSR count). The lowest BCUT2D eigenvalue weighted by molar-refractivity contribution is -0.139. The van der Waals surface area contributed by atoms with Gasteiger partial charge in [-0.2, -0.15) is 0 Å². The van der Waals surface area contributed by atoms with Crippen LogP contribution >= 0.6 is 0 Å². The van der Waals surface area contributed by atoms with Crippen molar-refractivity contribution in [2.24, 2.45) is 0 Å². The van der Waals surface area contributed by atoms with Crippen molar-refractivity contribution < 1.29 is 17.9 Å². The van der Waals surface area contributed by atoms with E-state index in [1.54, 1.807) is 14.0 Å². The SMILES string of the molecule is CCOC(=O)CS(=O)(=O)C1CCCCC1NC. The molecule has 1 aliphatic rings. The number of nitrogens with one attached hydrogen (secondary N) is 1. The topological polar surface area (TPSA) is 72.5 Å². The number of carbonyl (C=O) groups is 1. The zero-order valence-electron chi connectivity index (χ0n) is 10.4. The summed E-state index contributed by atoms with van der Waals surface area (Å²) in [6.07, 6.45) is 3.43. The number of hydrogen-bond acceptors (Lipinski definition) is 5. The van der Waals surface area contributed by atoms with Crippen molar-refractivity contribution >= 4 is 15.8 Å². The summed E-state index contributed by atoms with van der Waals surface area (Å²) in [5.41, 5.74) is 0. The Morgan fingerprint density at radius 2 is 2.00 bits per heavy atom. The Labute approximate surface area is 103 Å². The standard InChI is InChI=1S/C11H21NO4S/c1-3-16-11(13)8-17(14,15)10-7-5-4-6-9(10)12-2/h9-10,12H,3-8H2,1-2H3. The van der Waals surface area contributed by atoms with E-state index in [1.165, 1.54) is 0 Å². The number of sulfone groups is 1. The van der Waals surface area contributed by atoms with E-state index in [0.29, 0.717) is 6.42 Å². The van der Waals surface area contributed by atoms with Crippen molar-refractivity contribution in [3.63, 3.8) is 0 Å². The van der Waals surface area contributed by atoms with Gasteiger partial charge in [0.2, 0.25) is 0 Å². The van der Waals surface area contributed by atoms with Gasteiger partial charge in [-0.1, -0.05) is 12.8 Å². The van der Waals surface area contributed by atoms with Crippen molar-refractivity contribution in [2.45, 2.75) is 43.9 Å². The molecule has 1 aliphatic carbocycles. The highest BCUT2D eigenvalue weighted by Gasteiger charge is 2.36. The minimum Gasteiger partial charge on any atom is -0.465 e. The van der Waals surface area contributed by atoms with Crippen molar-refractivity contribution in [2.75, 3.05) is 19.4 Å². The molecule has 5 nitrogen and oxygen atoms in total. The molecule has 1 N–H and O–H groups in total. The summed E-state index contributed by atoms with van der Waals surface area (Å²) in [4.78, 5) is 11.3. The van der Waals surface area contributed by atoms with Crippen molar-refractivity contribution in [3.8, 4) is 0 Å². The third kappa shape index (κ3) is 3.96. The lowest BCUT2D eigenvalue weighted by Gasteiger charge is -2.30. The zero-order valence-corrected chi connectivity index (χ0v) is 11.3. The van der Waals surface area contributed by atoms with Crippen molar-refractivity contribution in [1.29, 1.82) is 0 Å². The van der Waals surface area contributed by atoms with Gasteiger partial charge in [0, 0.05) is 6.04 Å². The number of rotatable bonds is 5. The smallest absolute Gasteiger partial charge is 0.321 e. The molecule has 1 saturated carbocycles. The van der Waals surface area contributed by atoms with E-state index in [2.05, 4.69) is 5.32 Å². The summed E-state index contributed by atoms with van der Waals surface area (Å²) < 4.78 is 28.9. The Morgan fingerprint density at radius 3 is 2.59 bits per heavy atom. The van der Waals surface area contributed by atoms with E-state index >= 15 is 0 Å². The number of carbonyl (C=O) groups excluding carboxylic acids is 1. The fourth-order valence-electron chi connectivity index (χ4n) is 2.33. The normalized spacial score (nSPS) is 25.5. The first-order valence-corrected chi connectivity index (χ1v) is 7.77. The second kappa shape index (κ2) is 6.35.